The van der Waals surface area contributed by atoms with Crippen LogP contribution in [0.3, 0.4) is 0 Å². The molecule has 1 fully saturated rings. The van der Waals surface area contributed by atoms with Gasteiger partial charge < -0.3 is 19.0 Å². The first kappa shape index (κ1) is 20.3. The number of hydrogen-bond acceptors (Lipinski definition) is 5. The number of ether oxygens (including phenoxy) is 1. The number of para-hydroxylation sites is 1. The van der Waals surface area contributed by atoms with Gasteiger partial charge >= 0.3 is 0 Å². The second-order valence-corrected chi connectivity index (χ2v) is 8.40. The van der Waals surface area contributed by atoms with Crippen molar-refractivity contribution in [3.8, 4) is 5.75 Å². The molecule has 2 atom stereocenters. The fourth-order valence-electron chi connectivity index (χ4n) is 3.36. The summed E-state index contributed by atoms with van der Waals surface area (Å²) in [5.74, 6) is 0.987. The minimum atomic E-state index is -0.166. The molecule has 0 aliphatic carbocycles. The molecule has 0 saturated carbocycles. The van der Waals surface area contributed by atoms with Gasteiger partial charge in [0.05, 0.1) is 18.6 Å². The van der Waals surface area contributed by atoms with E-state index in [0.29, 0.717) is 18.8 Å². The van der Waals surface area contributed by atoms with Crippen LogP contribution < -0.4 is 4.74 Å². The van der Waals surface area contributed by atoms with Gasteiger partial charge in [0, 0.05) is 24.7 Å². The number of methoxy groups -OCH3 is 1. The van der Waals surface area contributed by atoms with Crippen molar-refractivity contribution in [3.63, 3.8) is 0 Å². The van der Waals surface area contributed by atoms with Crippen molar-refractivity contribution in [1.82, 2.24) is 9.80 Å². The molecule has 28 heavy (non-hydrogen) atoms. The first-order chi connectivity index (χ1) is 13.4. The molecule has 0 radical (unpaired) electrons. The fourth-order valence-corrected chi connectivity index (χ4v) is 4.70. The molecular formula is C21H26N2O4S. The largest absolute Gasteiger partial charge is 0.496 e. The molecule has 3 rings (SSSR count). The third-order valence-corrected chi connectivity index (χ3v) is 6.23. The lowest BCUT2D eigenvalue weighted by atomic mass is 10.1. The average Bonchev–Trinajstić information content (AvgIpc) is 3.31. The van der Waals surface area contributed by atoms with Crippen LogP contribution in [0.1, 0.15) is 42.3 Å². The number of nitrogens with zero attached hydrogens (tertiary/aromatic N) is 2. The predicted octanol–water partition coefficient (Wildman–Crippen LogP) is 3.80. The Bertz CT molecular complexity index is 822. The van der Waals surface area contributed by atoms with E-state index in [-0.39, 0.29) is 28.5 Å². The summed E-state index contributed by atoms with van der Waals surface area (Å²) in [6.07, 6.45) is 1.49. The van der Waals surface area contributed by atoms with Gasteiger partial charge in [-0.05, 0) is 39.0 Å². The molecule has 1 saturated heterocycles. The van der Waals surface area contributed by atoms with Crippen LogP contribution in [0.5, 0.6) is 5.75 Å². The Labute approximate surface area is 169 Å². The Hall–Kier alpha value is -2.41. The molecule has 1 aromatic carbocycles. The molecule has 2 unspecified atom stereocenters. The third-order valence-electron chi connectivity index (χ3n) is 4.85. The van der Waals surface area contributed by atoms with Crippen LogP contribution >= 0.6 is 11.8 Å². The summed E-state index contributed by atoms with van der Waals surface area (Å²) < 4.78 is 10.8. The van der Waals surface area contributed by atoms with Gasteiger partial charge in [-0.2, -0.15) is 0 Å². The molecule has 1 aromatic heterocycles. The lowest BCUT2D eigenvalue weighted by Crippen LogP contribution is -2.43. The van der Waals surface area contributed by atoms with Crippen LogP contribution in [0.25, 0.3) is 0 Å². The molecule has 0 spiro atoms. The van der Waals surface area contributed by atoms with Crippen LogP contribution in [0.2, 0.25) is 0 Å². The molecule has 1 aliphatic rings. The minimum Gasteiger partial charge on any atom is -0.496 e. The highest BCUT2D eigenvalue weighted by Gasteiger charge is 2.40. The predicted molar refractivity (Wildman–Crippen MR) is 109 cm³/mol. The lowest BCUT2D eigenvalue weighted by Gasteiger charge is -2.31. The highest BCUT2D eigenvalue weighted by Crippen LogP contribution is 2.45. The van der Waals surface area contributed by atoms with Crippen molar-refractivity contribution in [3.05, 3.63) is 54.0 Å². The van der Waals surface area contributed by atoms with E-state index in [0.717, 1.165) is 11.3 Å². The van der Waals surface area contributed by atoms with Crippen LogP contribution in [0.15, 0.2) is 47.1 Å². The monoisotopic (exact) mass is 402 g/mol. The first-order valence-corrected chi connectivity index (χ1v) is 10.3. The number of furan rings is 1. The van der Waals surface area contributed by atoms with Gasteiger partial charge in [-0.25, -0.2) is 0 Å². The van der Waals surface area contributed by atoms with Gasteiger partial charge in [0.1, 0.15) is 11.1 Å². The summed E-state index contributed by atoms with van der Waals surface area (Å²) in [6, 6.07) is 11.1. The summed E-state index contributed by atoms with van der Waals surface area (Å²) in [6.45, 7) is 6.72. The highest BCUT2D eigenvalue weighted by atomic mass is 32.2. The van der Waals surface area contributed by atoms with E-state index in [2.05, 4.69) is 0 Å². The topological polar surface area (TPSA) is 63.0 Å². The van der Waals surface area contributed by atoms with Crippen molar-refractivity contribution in [2.75, 3.05) is 20.2 Å². The second kappa shape index (κ2) is 8.73. The molecule has 0 bridgehead atoms. The van der Waals surface area contributed by atoms with E-state index in [1.54, 1.807) is 35.9 Å². The number of carbonyl (C=O) groups is 2. The van der Waals surface area contributed by atoms with E-state index in [1.165, 1.54) is 6.26 Å². The Kier molecular flexibility index (Phi) is 6.34. The summed E-state index contributed by atoms with van der Waals surface area (Å²) in [5.41, 5.74) is 0.973. The average molecular weight is 403 g/mol. The van der Waals surface area contributed by atoms with E-state index < -0.39 is 0 Å². The van der Waals surface area contributed by atoms with Crippen molar-refractivity contribution >= 4 is 23.6 Å². The Morgan fingerprint density at radius 1 is 1.29 bits per heavy atom. The number of benzene rings is 1. The molecule has 2 heterocycles. The standard InChI is InChI=1S/C21H26N2O4S/c1-14(2)22(20(25)18-10-7-13-27-18)11-12-23-19(24)15(3)28-21(23)16-8-5-6-9-17(16)26-4/h5-10,13-15,21H,11-12H2,1-4H3. The minimum absolute atomic E-state index is 0.00917. The van der Waals surface area contributed by atoms with Gasteiger partial charge in [0.15, 0.2) is 5.76 Å². The van der Waals surface area contributed by atoms with Gasteiger partial charge in [0.2, 0.25) is 5.91 Å². The lowest BCUT2D eigenvalue weighted by molar-refractivity contribution is -0.130. The third kappa shape index (κ3) is 4.04. The van der Waals surface area contributed by atoms with Crippen molar-refractivity contribution < 1.29 is 18.7 Å². The number of hydrogen-bond donors (Lipinski definition) is 0. The summed E-state index contributed by atoms with van der Waals surface area (Å²) in [4.78, 5) is 29.1. The molecule has 2 amide bonds. The Morgan fingerprint density at radius 3 is 2.68 bits per heavy atom. The van der Waals surface area contributed by atoms with Crippen molar-refractivity contribution in [2.45, 2.75) is 37.4 Å². The fraction of sp³-hybridized carbons (Fsp3) is 0.429. The van der Waals surface area contributed by atoms with Crippen LogP contribution in [-0.2, 0) is 4.79 Å². The van der Waals surface area contributed by atoms with Crippen LogP contribution in [0.4, 0.5) is 0 Å². The van der Waals surface area contributed by atoms with Crippen molar-refractivity contribution in [2.24, 2.45) is 0 Å². The zero-order chi connectivity index (χ0) is 20.3. The van der Waals surface area contributed by atoms with E-state index in [1.807, 2.05) is 49.9 Å². The molecule has 0 N–H and O–H groups in total. The van der Waals surface area contributed by atoms with Gasteiger partial charge in [-0.15, -0.1) is 11.8 Å². The molecule has 1 aliphatic heterocycles. The van der Waals surface area contributed by atoms with Crippen LogP contribution in [-0.4, -0.2) is 53.1 Å². The SMILES string of the molecule is COc1ccccc1C1SC(C)C(=O)N1CCN(C(=O)c1ccco1)C(C)C. The normalized spacial score (nSPS) is 19.3. The second-order valence-electron chi connectivity index (χ2n) is 6.97. The first-order valence-electron chi connectivity index (χ1n) is 9.37. The number of amides is 2. The zero-order valence-electron chi connectivity index (χ0n) is 16.6. The maximum atomic E-state index is 12.8. The van der Waals surface area contributed by atoms with Gasteiger partial charge in [-0.1, -0.05) is 18.2 Å². The molecule has 2 aromatic rings. The molecule has 150 valence electrons. The quantitative estimate of drug-likeness (QED) is 0.705. The van der Waals surface area contributed by atoms with E-state index >= 15 is 0 Å². The van der Waals surface area contributed by atoms with Crippen LogP contribution in [0, 0.1) is 0 Å². The molecular weight excluding hydrogens is 376 g/mol. The van der Waals surface area contributed by atoms with Gasteiger partial charge in [0.25, 0.3) is 5.91 Å². The van der Waals surface area contributed by atoms with Crippen molar-refractivity contribution in [1.29, 1.82) is 0 Å². The molecule has 7 heteroatoms. The number of carbonyl (C=O) groups excluding carboxylic acids is 2. The Balaban J connectivity index is 1.79. The molecule has 6 nitrogen and oxygen atoms in total. The smallest absolute Gasteiger partial charge is 0.289 e. The summed E-state index contributed by atoms with van der Waals surface area (Å²) in [5, 5.41) is -0.269. The zero-order valence-corrected chi connectivity index (χ0v) is 17.4. The number of thioether (sulfide) groups is 1. The summed E-state index contributed by atoms with van der Waals surface area (Å²) >= 11 is 1.60. The Morgan fingerprint density at radius 2 is 2.04 bits per heavy atom. The maximum absolute atomic E-state index is 12.8. The summed E-state index contributed by atoms with van der Waals surface area (Å²) in [7, 11) is 1.64. The maximum Gasteiger partial charge on any atom is 0.289 e. The van der Waals surface area contributed by atoms with E-state index in [4.69, 9.17) is 9.15 Å². The van der Waals surface area contributed by atoms with Gasteiger partial charge in [-0.3, -0.25) is 9.59 Å². The van der Waals surface area contributed by atoms with E-state index in [9.17, 15) is 9.59 Å². The number of rotatable bonds is 7. The highest BCUT2D eigenvalue weighted by molar-refractivity contribution is 8.01.